The zero-order valence-electron chi connectivity index (χ0n) is 17.1. The summed E-state index contributed by atoms with van der Waals surface area (Å²) >= 11 is 0. The first-order valence-corrected chi connectivity index (χ1v) is 9.44. The van der Waals surface area contributed by atoms with Crippen LogP contribution in [0.5, 0.6) is 0 Å². The van der Waals surface area contributed by atoms with E-state index in [2.05, 4.69) is 20.7 Å². The number of carboxylic acid groups (broad SMARTS) is 1. The van der Waals surface area contributed by atoms with Crippen molar-refractivity contribution in [3.05, 3.63) is 57.7 Å². The number of carbonyl (C=O) groups excluding carboxylic acids is 3. The van der Waals surface area contributed by atoms with Crippen molar-refractivity contribution in [3.8, 4) is 0 Å². The van der Waals surface area contributed by atoms with Crippen LogP contribution < -0.4 is 10.6 Å². The SMILES string of the molecule is CC1(C)CC(=O)C=C(C(=O)NCc2ccc(C(=O)N[C@H](CN=[N+]=[N-])CC(=O)O)cc2)O1. The van der Waals surface area contributed by atoms with Crippen LogP contribution in [0.15, 0.2) is 41.2 Å². The number of benzene rings is 1. The van der Waals surface area contributed by atoms with Crippen LogP contribution >= 0.6 is 0 Å². The topological polar surface area (TPSA) is 171 Å². The summed E-state index contributed by atoms with van der Waals surface area (Å²) < 4.78 is 5.54. The molecule has 1 aromatic rings. The van der Waals surface area contributed by atoms with Gasteiger partial charge in [0.05, 0.1) is 6.42 Å². The number of amides is 2. The summed E-state index contributed by atoms with van der Waals surface area (Å²) in [5.41, 5.74) is 8.61. The maximum absolute atomic E-state index is 12.3. The first kappa shape index (κ1) is 23.4. The molecule has 0 bridgehead atoms. The summed E-state index contributed by atoms with van der Waals surface area (Å²) in [6.07, 6.45) is 0.994. The number of nitrogens with one attached hydrogen (secondary N) is 2. The lowest BCUT2D eigenvalue weighted by molar-refractivity contribution is -0.137. The van der Waals surface area contributed by atoms with E-state index in [1.54, 1.807) is 26.0 Å². The Hall–Kier alpha value is -3.85. The van der Waals surface area contributed by atoms with Gasteiger partial charge in [0.2, 0.25) is 0 Å². The Labute approximate surface area is 178 Å². The molecular weight excluding hydrogens is 406 g/mol. The Morgan fingerprint density at radius 2 is 1.94 bits per heavy atom. The Balaban J connectivity index is 1.94. The largest absolute Gasteiger partial charge is 0.482 e. The van der Waals surface area contributed by atoms with Gasteiger partial charge in [0, 0.05) is 42.1 Å². The van der Waals surface area contributed by atoms with E-state index in [4.69, 9.17) is 15.4 Å². The molecular formula is C20H23N5O6. The third-order valence-corrected chi connectivity index (χ3v) is 4.29. The highest BCUT2D eigenvalue weighted by Crippen LogP contribution is 2.24. The molecule has 2 rings (SSSR count). The number of carboxylic acids is 1. The third kappa shape index (κ3) is 7.48. The molecule has 0 radical (unpaired) electrons. The summed E-state index contributed by atoms with van der Waals surface area (Å²) in [5, 5.41) is 17.4. The molecule has 0 aromatic heterocycles. The van der Waals surface area contributed by atoms with E-state index in [1.165, 1.54) is 18.2 Å². The van der Waals surface area contributed by atoms with Crippen molar-refractivity contribution in [2.75, 3.05) is 6.54 Å². The zero-order valence-corrected chi connectivity index (χ0v) is 17.1. The number of hydrogen-bond acceptors (Lipinski definition) is 6. The molecule has 3 N–H and O–H groups in total. The number of hydrogen-bond donors (Lipinski definition) is 3. The second-order valence-corrected chi connectivity index (χ2v) is 7.57. The zero-order chi connectivity index (χ0) is 23.0. The number of allylic oxidation sites excluding steroid dienone is 1. The molecule has 1 aromatic carbocycles. The molecule has 0 saturated heterocycles. The molecule has 1 aliphatic rings. The standard InChI is InChI=1S/C20H23N5O6/c1-20(2)9-15(26)8-16(31-20)19(30)22-10-12-3-5-13(6-4-12)18(29)24-14(7-17(27)28)11-23-25-21/h3-6,8,14H,7,9-11H2,1-2H3,(H,22,30)(H,24,29)(H,27,28)/t14-/m0/s1. The van der Waals surface area contributed by atoms with Crippen molar-refractivity contribution in [3.63, 3.8) is 0 Å². The monoisotopic (exact) mass is 429 g/mol. The molecule has 0 spiro atoms. The van der Waals surface area contributed by atoms with Crippen LogP contribution in [0.1, 0.15) is 42.6 Å². The highest BCUT2D eigenvalue weighted by Gasteiger charge is 2.31. The number of ketones is 1. The van der Waals surface area contributed by atoms with Crippen molar-refractivity contribution in [2.45, 2.75) is 44.9 Å². The molecule has 11 heteroatoms. The number of azide groups is 1. The second-order valence-electron chi connectivity index (χ2n) is 7.57. The highest BCUT2D eigenvalue weighted by atomic mass is 16.5. The van der Waals surface area contributed by atoms with Crippen molar-refractivity contribution in [2.24, 2.45) is 5.11 Å². The van der Waals surface area contributed by atoms with Gasteiger partial charge < -0.3 is 20.5 Å². The maximum Gasteiger partial charge on any atom is 0.305 e. The van der Waals surface area contributed by atoms with Crippen LogP contribution in [0.25, 0.3) is 10.4 Å². The van der Waals surface area contributed by atoms with E-state index in [0.29, 0.717) is 5.56 Å². The van der Waals surface area contributed by atoms with Crippen LogP contribution in [0.2, 0.25) is 0 Å². The molecule has 11 nitrogen and oxygen atoms in total. The van der Waals surface area contributed by atoms with Gasteiger partial charge in [-0.1, -0.05) is 17.2 Å². The molecule has 31 heavy (non-hydrogen) atoms. The van der Waals surface area contributed by atoms with Gasteiger partial charge in [-0.2, -0.15) is 0 Å². The third-order valence-electron chi connectivity index (χ3n) is 4.29. The first-order chi connectivity index (χ1) is 14.6. The predicted molar refractivity (Wildman–Crippen MR) is 109 cm³/mol. The van der Waals surface area contributed by atoms with E-state index in [0.717, 1.165) is 0 Å². The average molecular weight is 429 g/mol. The Morgan fingerprint density at radius 3 is 2.52 bits per heavy atom. The van der Waals surface area contributed by atoms with Crippen LogP contribution in [0.3, 0.4) is 0 Å². The van der Waals surface area contributed by atoms with Gasteiger partial charge in [-0.05, 0) is 37.1 Å². The minimum absolute atomic E-state index is 0.0400. The van der Waals surface area contributed by atoms with Crippen molar-refractivity contribution < 1.29 is 29.0 Å². The fourth-order valence-corrected chi connectivity index (χ4v) is 2.91. The maximum atomic E-state index is 12.3. The molecule has 1 atom stereocenters. The molecule has 0 aliphatic carbocycles. The quantitative estimate of drug-likeness (QED) is 0.307. The fourth-order valence-electron chi connectivity index (χ4n) is 2.91. The van der Waals surface area contributed by atoms with Gasteiger partial charge >= 0.3 is 5.97 Å². The van der Waals surface area contributed by atoms with Gasteiger partial charge in [0.25, 0.3) is 11.8 Å². The van der Waals surface area contributed by atoms with E-state index >= 15 is 0 Å². The van der Waals surface area contributed by atoms with Crippen molar-refractivity contribution in [1.29, 1.82) is 0 Å². The number of aliphatic carboxylic acids is 1. The number of nitrogens with zero attached hydrogens (tertiary/aromatic N) is 3. The minimum atomic E-state index is -1.13. The smallest absolute Gasteiger partial charge is 0.305 e. The number of rotatable bonds is 9. The van der Waals surface area contributed by atoms with E-state index in [1.807, 2.05) is 0 Å². The Bertz CT molecular complexity index is 943. The van der Waals surface area contributed by atoms with E-state index in [-0.39, 0.29) is 43.0 Å². The normalized spacial score (nSPS) is 15.5. The van der Waals surface area contributed by atoms with Gasteiger partial charge in [-0.3, -0.25) is 19.2 Å². The van der Waals surface area contributed by atoms with Crippen LogP contribution in [-0.4, -0.2) is 46.9 Å². The van der Waals surface area contributed by atoms with E-state index in [9.17, 15) is 19.2 Å². The fraction of sp³-hybridized carbons (Fsp3) is 0.400. The summed E-state index contributed by atoms with van der Waals surface area (Å²) in [4.78, 5) is 49.8. The number of ether oxygens (including phenoxy) is 1. The Morgan fingerprint density at radius 1 is 1.26 bits per heavy atom. The van der Waals surface area contributed by atoms with Gasteiger partial charge in [0.15, 0.2) is 11.5 Å². The molecule has 0 unspecified atom stereocenters. The van der Waals surface area contributed by atoms with Crippen LogP contribution in [0, 0.1) is 0 Å². The number of carbonyl (C=O) groups is 4. The molecule has 164 valence electrons. The molecule has 2 amide bonds. The summed E-state index contributed by atoms with van der Waals surface area (Å²) in [5.74, 6) is -2.39. The van der Waals surface area contributed by atoms with Gasteiger partial charge in [-0.25, -0.2) is 0 Å². The molecule has 1 heterocycles. The van der Waals surface area contributed by atoms with Gasteiger partial charge in [-0.15, -0.1) is 0 Å². The molecule has 1 aliphatic heterocycles. The summed E-state index contributed by atoms with van der Waals surface area (Å²) in [6, 6.07) is 5.45. The summed E-state index contributed by atoms with van der Waals surface area (Å²) in [6.45, 7) is 3.41. The average Bonchev–Trinajstić information content (AvgIpc) is 2.68. The molecule has 0 fully saturated rings. The lowest BCUT2D eigenvalue weighted by atomic mass is 9.98. The van der Waals surface area contributed by atoms with Crippen molar-refractivity contribution in [1.82, 2.24) is 10.6 Å². The van der Waals surface area contributed by atoms with Crippen molar-refractivity contribution >= 4 is 23.6 Å². The van der Waals surface area contributed by atoms with Crippen LogP contribution in [0.4, 0.5) is 0 Å². The van der Waals surface area contributed by atoms with Crippen LogP contribution in [-0.2, 0) is 25.7 Å². The predicted octanol–water partition coefficient (Wildman–Crippen LogP) is 1.84. The lowest BCUT2D eigenvalue weighted by Crippen LogP contribution is -2.38. The Kier molecular flexibility index (Phi) is 7.75. The first-order valence-electron chi connectivity index (χ1n) is 9.44. The summed E-state index contributed by atoms with van der Waals surface area (Å²) in [7, 11) is 0. The molecule has 0 saturated carbocycles. The minimum Gasteiger partial charge on any atom is -0.482 e. The lowest BCUT2D eigenvalue weighted by Gasteiger charge is -2.29. The second kappa shape index (κ2) is 10.3. The van der Waals surface area contributed by atoms with Gasteiger partial charge in [0.1, 0.15) is 5.60 Å². The highest BCUT2D eigenvalue weighted by molar-refractivity contribution is 6.01. The van der Waals surface area contributed by atoms with E-state index < -0.39 is 29.4 Å².